The summed E-state index contributed by atoms with van der Waals surface area (Å²) in [7, 11) is 0. The second kappa shape index (κ2) is 48.5. The number of unbranched alkanes of at least 4 members (excludes halogenated alkanes) is 38. The number of rotatable bonds is 49. The van der Waals surface area contributed by atoms with Crippen LogP contribution >= 0.6 is 0 Å². The molecule has 0 aliphatic carbocycles. The van der Waals surface area contributed by atoms with E-state index in [9.17, 15) is 19.8 Å². The van der Waals surface area contributed by atoms with Crippen LogP contribution in [0.1, 0.15) is 296 Å². The summed E-state index contributed by atoms with van der Waals surface area (Å²) in [5.74, 6) is -0.0708. The summed E-state index contributed by atoms with van der Waals surface area (Å²) in [6.07, 6.45) is 53.5. The summed E-state index contributed by atoms with van der Waals surface area (Å²) < 4.78 is 5.45. The Morgan fingerprint density at radius 1 is 0.414 bits per heavy atom. The highest BCUT2D eigenvalue weighted by molar-refractivity contribution is 5.76. The van der Waals surface area contributed by atoms with Crippen LogP contribution in [-0.2, 0) is 14.3 Å². The first kappa shape index (κ1) is 56.9. The van der Waals surface area contributed by atoms with E-state index in [-0.39, 0.29) is 18.5 Å². The van der Waals surface area contributed by atoms with Crippen LogP contribution in [0.5, 0.6) is 0 Å². The lowest BCUT2D eigenvalue weighted by Gasteiger charge is -2.22. The highest BCUT2D eigenvalue weighted by atomic mass is 16.5. The Morgan fingerprint density at radius 2 is 0.707 bits per heavy atom. The fourth-order valence-corrected chi connectivity index (χ4v) is 8.35. The Balaban J connectivity index is 3.47. The standard InChI is InChI=1S/C52H103NO5/c1-3-5-7-9-11-13-15-17-18-19-20-21-23-24-28-32-36-40-44-50(55)49(48-54)53-51(56)45-41-37-33-29-26-27-31-35-39-43-47-58-52(57)46-42-38-34-30-25-22-16-14-12-10-8-6-4-2/h49-50,54-55H,3-48H2,1-2H3,(H,53,56). The fraction of sp³-hybridized carbons (Fsp3) is 0.962. The molecule has 0 saturated heterocycles. The second-order valence-corrected chi connectivity index (χ2v) is 18.2. The molecule has 0 aromatic carbocycles. The van der Waals surface area contributed by atoms with E-state index in [1.807, 2.05) is 0 Å². The summed E-state index contributed by atoms with van der Waals surface area (Å²) in [5.41, 5.74) is 0. The first-order valence-electron chi connectivity index (χ1n) is 26.3. The maximum absolute atomic E-state index is 12.5. The highest BCUT2D eigenvalue weighted by Crippen LogP contribution is 2.17. The van der Waals surface area contributed by atoms with Crippen molar-refractivity contribution in [3.05, 3.63) is 0 Å². The number of aliphatic hydroxyl groups is 2. The third-order valence-electron chi connectivity index (χ3n) is 12.4. The van der Waals surface area contributed by atoms with Crippen LogP contribution in [0, 0.1) is 0 Å². The van der Waals surface area contributed by atoms with E-state index in [1.165, 1.54) is 205 Å². The van der Waals surface area contributed by atoms with E-state index in [0.29, 0.717) is 25.9 Å². The summed E-state index contributed by atoms with van der Waals surface area (Å²) in [6, 6.07) is -0.556. The van der Waals surface area contributed by atoms with Gasteiger partial charge in [-0.25, -0.2) is 0 Å². The van der Waals surface area contributed by atoms with Crippen molar-refractivity contribution in [1.82, 2.24) is 5.32 Å². The Bertz CT molecular complexity index is 822. The van der Waals surface area contributed by atoms with Crippen molar-refractivity contribution in [3.8, 4) is 0 Å². The topological polar surface area (TPSA) is 95.9 Å². The third kappa shape index (κ3) is 44.4. The first-order valence-corrected chi connectivity index (χ1v) is 26.3. The number of carbonyl (C=O) groups is 2. The number of hydrogen-bond acceptors (Lipinski definition) is 5. The highest BCUT2D eigenvalue weighted by Gasteiger charge is 2.20. The third-order valence-corrected chi connectivity index (χ3v) is 12.4. The Morgan fingerprint density at radius 3 is 1.05 bits per heavy atom. The lowest BCUT2D eigenvalue weighted by Crippen LogP contribution is -2.45. The van der Waals surface area contributed by atoms with Gasteiger partial charge in [0.05, 0.1) is 25.4 Å². The van der Waals surface area contributed by atoms with E-state index in [4.69, 9.17) is 4.74 Å². The maximum Gasteiger partial charge on any atom is 0.305 e. The first-order chi connectivity index (χ1) is 28.5. The van der Waals surface area contributed by atoms with Gasteiger partial charge < -0.3 is 20.3 Å². The molecule has 2 atom stereocenters. The molecule has 2 unspecified atom stereocenters. The van der Waals surface area contributed by atoms with Crippen molar-refractivity contribution in [2.45, 2.75) is 309 Å². The molecule has 0 saturated carbocycles. The predicted octanol–water partition coefficient (Wildman–Crippen LogP) is 15.6. The molecule has 0 aromatic rings. The number of amides is 1. The zero-order valence-electron chi connectivity index (χ0n) is 39.3. The lowest BCUT2D eigenvalue weighted by atomic mass is 10.0. The molecule has 3 N–H and O–H groups in total. The van der Waals surface area contributed by atoms with Crippen LogP contribution in [-0.4, -0.2) is 47.4 Å². The molecule has 0 aliphatic rings. The minimum atomic E-state index is -0.677. The van der Waals surface area contributed by atoms with Gasteiger partial charge in [0.15, 0.2) is 0 Å². The predicted molar refractivity (Wildman–Crippen MR) is 250 cm³/mol. The van der Waals surface area contributed by atoms with Crippen molar-refractivity contribution < 1.29 is 24.5 Å². The quantitative estimate of drug-likeness (QED) is 0.0420. The molecule has 0 fully saturated rings. The van der Waals surface area contributed by atoms with Gasteiger partial charge in [0.2, 0.25) is 5.91 Å². The maximum atomic E-state index is 12.5. The van der Waals surface area contributed by atoms with Gasteiger partial charge in [-0.15, -0.1) is 0 Å². The van der Waals surface area contributed by atoms with Crippen molar-refractivity contribution >= 4 is 11.9 Å². The Hall–Kier alpha value is -1.14. The minimum absolute atomic E-state index is 0.0163. The molecule has 6 heteroatoms. The van der Waals surface area contributed by atoms with Crippen molar-refractivity contribution in [1.29, 1.82) is 0 Å². The van der Waals surface area contributed by atoms with Crippen molar-refractivity contribution in [3.63, 3.8) is 0 Å². The van der Waals surface area contributed by atoms with Gasteiger partial charge in [0, 0.05) is 12.8 Å². The second-order valence-electron chi connectivity index (χ2n) is 18.2. The molecular weight excluding hydrogens is 719 g/mol. The zero-order valence-corrected chi connectivity index (χ0v) is 39.3. The lowest BCUT2D eigenvalue weighted by molar-refractivity contribution is -0.143. The normalized spacial score (nSPS) is 12.6. The van der Waals surface area contributed by atoms with E-state index >= 15 is 0 Å². The Kier molecular flexibility index (Phi) is 47.6. The average Bonchev–Trinajstić information content (AvgIpc) is 3.22. The molecule has 0 rings (SSSR count). The van der Waals surface area contributed by atoms with Crippen LogP contribution in [0.25, 0.3) is 0 Å². The fourth-order valence-electron chi connectivity index (χ4n) is 8.35. The molecule has 0 bridgehead atoms. The van der Waals surface area contributed by atoms with Gasteiger partial charge >= 0.3 is 5.97 Å². The number of hydrogen-bond donors (Lipinski definition) is 3. The summed E-state index contributed by atoms with van der Waals surface area (Å²) in [4.78, 5) is 24.5. The van der Waals surface area contributed by atoms with Crippen LogP contribution in [0.4, 0.5) is 0 Å². The molecule has 58 heavy (non-hydrogen) atoms. The van der Waals surface area contributed by atoms with Crippen LogP contribution in [0.15, 0.2) is 0 Å². The number of esters is 1. The van der Waals surface area contributed by atoms with E-state index in [2.05, 4.69) is 19.2 Å². The number of ether oxygens (including phenoxy) is 1. The van der Waals surface area contributed by atoms with Gasteiger partial charge in [-0.3, -0.25) is 9.59 Å². The monoisotopic (exact) mass is 822 g/mol. The van der Waals surface area contributed by atoms with Crippen molar-refractivity contribution in [2.75, 3.05) is 13.2 Å². The summed E-state index contributed by atoms with van der Waals surface area (Å²) >= 11 is 0. The summed E-state index contributed by atoms with van der Waals surface area (Å²) in [5, 5.41) is 23.3. The molecule has 1 amide bonds. The van der Waals surface area contributed by atoms with E-state index in [0.717, 1.165) is 57.8 Å². The number of carbonyl (C=O) groups excluding carboxylic acids is 2. The molecule has 0 radical (unpaired) electrons. The van der Waals surface area contributed by atoms with Crippen LogP contribution in [0.3, 0.4) is 0 Å². The van der Waals surface area contributed by atoms with Gasteiger partial charge in [-0.05, 0) is 25.7 Å². The minimum Gasteiger partial charge on any atom is -0.466 e. The number of nitrogens with one attached hydrogen (secondary N) is 1. The van der Waals surface area contributed by atoms with Crippen LogP contribution in [0.2, 0.25) is 0 Å². The van der Waals surface area contributed by atoms with Crippen LogP contribution < -0.4 is 5.32 Å². The van der Waals surface area contributed by atoms with Gasteiger partial charge in [-0.2, -0.15) is 0 Å². The molecule has 0 heterocycles. The van der Waals surface area contributed by atoms with Gasteiger partial charge in [-0.1, -0.05) is 258 Å². The molecular formula is C52H103NO5. The van der Waals surface area contributed by atoms with E-state index in [1.54, 1.807) is 0 Å². The largest absolute Gasteiger partial charge is 0.466 e. The average molecular weight is 822 g/mol. The van der Waals surface area contributed by atoms with Crippen molar-refractivity contribution in [2.24, 2.45) is 0 Å². The van der Waals surface area contributed by atoms with Gasteiger partial charge in [0.25, 0.3) is 0 Å². The zero-order chi connectivity index (χ0) is 42.3. The Labute approximate surface area is 362 Å². The smallest absolute Gasteiger partial charge is 0.305 e. The SMILES string of the molecule is CCCCCCCCCCCCCCCCCCCCC(O)C(CO)NC(=O)CCCCCCCCCCCCOC(=O)CCCCCCCCCCCCCCC. The molecule has 0 spiro atoms. The summed E-state index contributed by atoms with van der Waals surface area (Å²) in [6.45, 7) is 4.92. The molecule has 0 aromatic heterocycles. The number of aliphatic hydroxyl groups excluding tert-OH is 2. The van der Waals surface area contributed by atoms with Gasteiger partial charge in [0.1, 0.15) is 0 Å². The molecule has 346 valence electrons. The molecule has 0 aliphatic heterocycles. The molecule has 6 nitrogen and oxygen atoms in total. The van der Waals surface area contributed by atoms with E-state index < -0.39 is 12.1 Å².